The zero-order chi connectivity index (χ0) is 14.3. The molecule has 0 atom stereocenters. The van der Waals surface area contributed by atoms with Crippen molar-refractivity contribution in [3.63, 3.8) is 0 Å². The van der Waals surface area contributed by atoms with E-state index in [1.807, 2.05) is 0 Å². The molecule has 0 unspecified atom stereocenters. The fourth-order valence-corrected chi connectivity index (χ4v) is 2.05. The molecule has 0 N–H and O–H groups in total. The van der Waals surface area contributed by atoms with Crippen molar-refractivity contribution in [3.8, 4) is 0 Å². The molecule has 1 aromatic heterocycles. The molecule has 0 bridgehead atoms. The van der Waals surface area contributed by atoms with Crippen LogP contribution in [-0.2, 0) is 11.3 Å². The molecule has 0 spiro atoms. The number of Topliss-reactive ketones (excluding diaryl/α,β-unsaturated/α-hetero) is 1. The number of ketones is 1. The number of rotatable bonds is 2. The highest BCUT2D eigenvalue weighted by atomic mass is 19.1. The maximum absolute atomic E-state index is 13.6. The standard InChI is InChI=1S/C13H7F2N3O2/c14-7-4-8(15)11-9(5-7)18(13(20)12(11)19)6-10-16-2-1-3-17-10/h1-5H,6H2. The Kier molecular flexibility index (Phi) is 2.74. The van der Waals surface area contributed by atoms with E-state index in [1.165, 1.54) is 12.4 Å². The molecule has 1 aromatic carbocycles. The summed E-state index contributed by atoms with van der Waals surface area (Å²) in [6.45, 7) is -0.124. The minimum absolute atomic E-state index is 0.0926. The lowest BCUT2D eigenvalue weighted by Crippen LogP contribution is -2.29. The van der Waals surface area contributed by atoms with Gasteiger partial charge in [-0.1, -0.05) is 0 Å². The van der Waals surface area contributed by atoms with Gasteiger partial charge in [0.25, 0.3) is 11.7 Å². The van der Waals surface area contributed by atoms with Crippen molar-refractivity contribution < 1.29 is 18.4 Å². The van der Waals surface area contributed by atoms with E-state index in [-0.39, 0.29) is 18.1 Å². The van der Waals surface area contributed by atoms with E-state index < -0.39 is 28.9 Å². The van der Waals surface area contributed by atoms with Crippen LogP contribution in [0.3, 0.4) is 0 Å². The number of fused-ring (bicyclic) bond motifs is 1. The zero-order valence-corrected chi connectivity index (χ0v) is 10.0. The van der Waals surface area contributed by atoms with Gasteiger partial charge in [-0.25, -0.2) is 18.7 Å². The van der Waals surface area contributed by atoms with Gasteiger partial charge in [-0.15, -0.1) is 0 Å². The van der Waals surface area contributed by atoms with Gasteiger partial charge in [-0.05, 0) is 12.1 Å². The maximum Gasteiger partial charge on any atom is 0.300 e. The number of hydrogen-bond donors (Lipinski definition) is 0. The number of aromatic nitrogens is 2. The van der Waals surface area contributed by atoms with Crippen LogP contribution in [0.15, 0.2) is 30.6 Å². The molecule has 2 heterocycles. The van der Waals surface area contributed by atoms with Crippen LogP contribution in [-0.4, -0.2) is 21.7 Å². The van der Waals surface area contributed by atoms with Crippen molar-refractivity contribution in [3.05, 3.63) is 53.6 Å². The van der Waals surface area contributed by atoms with Gasteiger partial charge in [0, 0.05) is 18.5 Å². The molecule has 1 aliphatic rings. The van der Waals surface area contributed by atoms with Gasteiger partial charge in [0.2, 0.25) is 0 Å². The van der Waals surface area contributed by atoms with Gasteiger partial charge >= 0.3 is 0 Å². The number of amides is 1. The molecular weight excluding hydrogens is 268 g/mol. The van der Waals surface area contributed by atoms with E-state index in [1.54, 1.807) is 6.07 Å². The SMILES string of the molecule is O=C1C(=O)N(Cc2ncccn2)c2cc(F)cc(F)c21. The topological polar surface area (TPSA) is 63.2 Å². The minimum Gasteiger partial charge on any atom is -0.297 e. The van der Waals surface area contributed by atoms with Gasteiger partial charge in [0.15, 0.2) is 0 Å². The number of halogens is 2. The Labute approximate surface area is 111 Å². The van der Waals surface area contributed by atoms with E-state index in [0.717, 1.165) is 11.0 Å². The van der Waals surface area contributed by atoms with E-state index >= 15 is 0 Å². The van der Waals surface area contributed by atoms with Crippen molar-refractivity contribution in [1.82, 2.24) is 9.97 Å². The lowest BCUT2D eigenvalue weighted by Gasteiger charge is -2.15. The molecule has 2 aromatic rings. The van der Waals surface area contributed by atoms with Gasteiger partial charge in [-0.2, -0.15) is 0 Å². The molecule has 0 saturated carbocycles. The Hall–Kier alpha value is -2.70. The third-order valence-electron chi connectivity index (χ3n) is 2.91. The fourth-order valence-electron chi connectivity index (χ4n) is 2.05. The Morgan fingerprint density at radius 3 is 2.50 bits per heavy atom. The molecule has 5 nitrogen and oxygen atoms in total. The Morgan fingerprint density at radius 1 is 1.10 bits per heavy atom. The average molecular weight is 275 g/mol. The van der Waals surface area contributed by atoms with Crippen LogP contribution in [0.1, 0.15) is 16.2 Å². The lowest BCUT2D eigenvalue weighted by molar-refractivity contribution is -0.114. The highest BCUT2D eigenvalue weighted by molar-refractivity contribution is 6.52. The molecule has 7 heteroatoms. The summed E-state index contributed by atoms with van der Waals surface area (Å²) >= 11 is 0. The second kappa shape index (κ2) is 4.44. The van der Waals surface area contributed by atoms with Crippen molar-refractivity contribution in [1.29, 1.82) is 0 Å². The number of anilines is 1. The molecule has 20 heavy (non-hydrogen) atoms. The molecular formula is C13H7F2N3O2. The quantitative estimate of drug-likeness (QED) is 0.779. The third kappa shape index (κ3) is 1.83. The van der Waals surface area contributed by atoms with Crippen molar-refractivity contribution in [2.24, 2.45) is 0 Å². The molecule has 0 aliphatic carbocycles. The molecule has 1 aliphatic heterocycles. The van der Waals surface area contributed by atoms with E-state index in [2.05, 4.69) is 9.97 Å². The number of hydrogen-bond acceptors (Lipinski definition) is 4. The molecule has 0 radical (unpaired) electrons. The molecule has 0 fully saturated rings. The van der Waals surface area contributed by atoms with Gasteiger partial charge in [0.05, 0.1) is 17.8 Å². The smallest absolute Gasteiger partial charge is 0.297 e. The van der Waals surface area contributed by atoms with Gasteiger partial charge in [-0.3, -0.25) is 14.5 Å². The van der Waals surface area contributed by atoms with Gasteiger partial charge in [0.1, 0.15) is 17.5 Å². The van der Waals surface area contributed by atoms with Gasteiger partial charge < -0.3 is 0 Å². The summed E-state index contributed by atoms with van der Waals surface area (Å²) in [7, 11) is 0. The van der Waals surface area contributed by atoms with Crippen LogP contribution in [0.2, 0.25) is 0 Å². The number of carbonyl (C=O) groups is 2. The first-order valence-corrected chi connectivity index (χ1v) is 5.69. The highest BCUT2D eigenvalue weighted by Crippen LogP contribution is 2.32. The number of benzene rings is 1. The normalized spacial score (nSPS) is 13.8. The van der Waals surface area contributed by atoms with Crippen LogP contribution in [0, 0.1) is 11.6 Å². The van der Waals surface area contributed by atoms with Crippen LogP contribution in [0.4, 0.5) is 14.5 Å². The largest absolute Gasteiger partial charge is 0.300 e. The van der Waals surface area contributed by atoms with Crippen LogP contribution >= 0.6 is 0 Å². The van der Waals surface area contributed by atoms with Crippen molar-refractivity contribution in [2.75, 3.05) is 4.90 Å². The summed E-state index contributed by atoms with van der Waals surface area (Å²) in [5, 5.41) is 0. The fraction of sp³-hybridized carbons (Fsp3) is 0.0769. The summed E-state index contributed by atoms with van der Waals surface area (Å²) in [6.07, 6.45) is 2.94. The molecule has 100 valence electrons. The van der Waals surface area contributed by atoms with Crippen molar-refractivity contribution in [2.45, 2.75) is 6.54 Å². The predicted octanol–water partition coefficient (Wildman–Crippen LogP) is 1.48. The first kappa shape index (κ1) is 12.3. The van der Waals surface area contributed by atoms with E-state index in [9.17, 15) is 18.4 Å². The zero-order valence-electron chi connectivity index (χ0n) is 10.0. The van der Waals surface area contributed by atoms with Crippen LogP contribution in [0.25, 0.3) is 0 Å². The Bertz CT molecular complexity index is 719. The second-order valence-corrected chi connectivity index (χ2v) is 4.17. The summed E-state index contributed by atoms with van der Waals surface area (Å²) in [5.74, 6) is -3.55. The third-order valence-corrected chi connectivity index (χ3v) is 2.91. The summed E-state index contributed by atoms with van der Waals surface area (Å²) in [5.41, 5.74) is -0.503. The van der Waals surface area contributed by atoms with E-state index in [0.29, 0.717) is 6.07 Å². The maximum atomic E-state index is 13.6. The predicted molar refractivity (Wildman–Crippen MR) is 63.9 cm³/mol. The number of carbonyl (C=O) groups excluding carboxylic acids is 2. The highest BCUT2D eigenvalue weighted by Gasteiger charge is 2.39. The minimum atomic E-state index is -1.05. The molecule has 3 rings (SSSR count). The Balaban J connectivity index is 2.06. The first-order chi connectivity index (χ1) is 9.58. The second-order valence-electron chi connectivity index (χ2n) is 4.17. The van der Waals surface area contributed by atoms with Crippen LogP contribution in [0.5, 0.6) is 0 Å². The summed E-state index contributed by atoms with van der Waals surface area (Å²) in [4.78, 5) is 32.4. The van der Waals surface area contributed by atoms with Crippen molar-refractivity contribution >= 4 is 17.4 Å². The van der Waals surface area contributed by atoms with E-state index in [4.69, 9.17) is 0 Å². The number of nitrogens with zero attached hydrogens (tertiary/aromatic N) is 3. The Morgan fingerprint density at radius 2 is 1.80 bits per heavy atom. The molecule has 0 saturated heterocycles. The summed E-state index contributed by atoms with van der Waals surface area (Å²) in [6, 6.07) is 3.12. The van der Waals surface area contributed by atoms with Crippen LogP contribution < -0.4 is 4.90 Å². The first-order valence-electron chi connectivity index (χ1n) is 5.69. The molecule has 1 amide bonds. The monoisotopic (exact) mass is 275 g/mol. The average Bonchev–Trinajstić information content (AvgIpc) is 2.65. The lowest BCUT2D eigenvalue weighted by atomic mass is 10.1. The summed E-state index contributed by atoms with van der Waals surface area (Å²) < 4.78 is 26.9.